The van der Waals surface area contributed by atoms with Crippen LogP contribution in [0.3, 0.4) is 0 Å². The van der Waals surface area contributed by atoms with Crippen molar-refractivity contribution < 1.29 is 19.1 Å². The van der Waals surface area contributed by atoms with Crippen molar-refractivity contribution in [1.29, 1.82) is 0 Å². The first-order valence-corrected chi connectivity index (χ1v) is 7.14. The minimum Gasteiger partial charge on any atom is -0.458 e. The van der Waals surface area contributed by atoms with Crippen LogP contribution in [0.5, 0.6) is 0 Å². The summed E-state index contributed by atoms with van der Waals surface area (Å²) in [6.45, 7) is 8.81. The SMILES string of the molecule is C=CC(=O)OCc1cccc2cccc(COC(=O)C(=C)C)c12. The summed E-state index contributed by atoms with van der Waals surface area (Å²) in [5.74, 6) is -0.911. The van der Waals surface area contributed by atoms with Crippen molar-refractivity contribution in [2.75, 3.05) is 0 Å². The number of hydrogen-bond donors (Lipinski definition) is 0. The van der Waals surface area contributed by atoms with Crippen molar-refractivity contribution in [3.63, 3.8) is 0 Å². The van der Waals surface area contributed by atoms with Gasteiger partial charge in [-0.3, -0.25) is 0 Å². The summed E-state index contributed by atoms with van der Waals surface area (Å²) < 4.78 is 10.4. The number of hydrogen-bond acceptors (Lipinski definition) is 4. The zero-order valence-corrected chi connectivity index (χ0v) is 13.0. The molecule has 0 bridgehead atoms. The zero-order chi connectivity index (χ0) is 16.8. The molecule has 4 heteroatoms. The normalized spacial score (nSPS) is 10.1. The lowest BCUT2D eigenvalue weighted by atomic mass is 10.00. The Bertz CT molecular complexity index is 769. The molecule has 2 rings (SSSR count). The number of benzene rings is 2. The van der Waals surface area contributed by atoms with E-state index in [0.29, 0.717) is 5.57 Å². The molecule has 2 aromatic rings. The molecule has 0 amide bonds. The van der Waals surface area contributed by atoms with Crippen molar-refractivity contribution in [3.8, 4) is 0 Å². The monoisotopic (exact) mass is 310 g/mol. The number of carbonyl (C=O) groups is 2. The third-order valence-electron chi connectivity index (χ3n) is 3.32. The predicted octanol–water partition coefficient (Wildman–Crippen LogP) is 3.69. The van der Waals surface area contributed by atoms with E-state index in [-0.39, 0.29) is 13.2 Å². The summed E-state index contributed by atoms with van der Waals surface area (Å²) in [4.78, 5) is 22.9. The van der Waals surface area contributed by atoms with Gasteiger partial charge in [-0.25, -0.2) is 9.59 Å². The summed E-state index contributed by atoms with van der Waals surface area (Å²) in [6.07, 6.45) is 1.13. The Morgan fingerprint density at radius 2 is 1.61 bits per heavy atom. The predicted molar refractivity (Wildman–Crippen MR) is 88.6 cm³/mol. The van der Waals surface area contributed by atoms with Crippen LogP contribution in [0.15, 0.2) is 61.2 Å². The van der Waals surface area contributed by atoms with Crippen LogP contribution < -0.4 is 0 Å². The highest BCUT2D eigenvalue weighted by atomic mass is 16.5. The highest BCUT2D eigenvalue weighted by Crippen LogP contribution is 2.25. The highest BCUT2D eigenvalue weighted by Gasteiger charge is 2.10. The minimum atomic E-state index is -0.479. The average Bonchev–Trinajstić information content (AvgIpc) is 2.56. The largest absolute Gasteiger partial charge is 0.458 e. The molecule has 0 atom stereocenters. The van der Waals surface area contributed by atoms with Crippen LogP contribution >= 0.6 is 0 Å². The highest BCUT2D eigenvalue weighted by molar-refractivity contribution is 5.90. The first-order valence-electron chi connectivity index (χ1n) is 7.14. The summed E-state index contributed by atoms with van der Waals surface area (Å²) in [6, 6.07) is 11.5. The van der Waals surface area contributed by atoms with Gasteiger partial charge in [-0.05, 0) is 28.8 Å². The molecular weight excluding hydrogens is 292 g/mol. The second kappa shape index (κ2) is 7.40. The second-order valence-electron chi connectivity index (χ2n) is 5.10. The maximum absolute atomic E-state index is 11.6. The Labute approximate surface area is 135 Å². The van der Waals surface area contributed by atoms with E-state index in [1.165, 1.54) is 0 Å². The average molecular weight is 310 g/mol. The standard InChI is InChI=1S/C19H18O4/c1-4-17(20)22-11-15-9-5-7-14-8-6-10-16(18(14)15)12-23-19(21)13(2)3/h4-10H,1-2,11-12H2,3H3. The number of fused-ring (bicyclic) bond motifs is 1. The van der Waals surface area contributed by atoms with E-state index in [0.717, 1.165) is 28.0 Å². The Hall–Kier alpha value is -2.88. The summed E-state index contributed by atoms with van der Waals surface area (Å²) >= 11 is 0. The number of rotatable bonds is 6. The van der Waals surface area contributed by atoms with Gasteiger partial charge in [0, 0.05) is 11.6 Å². The Balaban J connectivity index is 2.33. The maximum Gasteiger partial charge on any atom is 0.333 e. The van der Waals surface area contributed by atoms with Gasteiger partial charge in [0.2, 0.25) is 0 Å². The Kier molecular flexibility index (Phi) is 5.31. The van der Waals surface area contributed by atoms with Crippen molar-refractivity contribution in [3.05, 3.63) is 72.3 Å². The third-order valence-corrected chi connectivity index (χ3v) is 3.32. The van der Waals surface area contributed by atoms with Gasteiger partial charge in [0.15, 0.2) is 0 Å². The first-order chi connectivity index (χ1) is 11.0. The van der Waals surface area contributed by atoms with Gasteiger partial charge >= 0.3 is 11.9 Å². The van der Waals surface area contributed by atoms with Crippen LogP contribution in [0.1, 0.15) is 18.1 Å². The minimum absolute atomic E-state index is 0.133. The Morgan fingerprint density at radius 1 is 1.04 bits per heavy atom. The van der Waals surface area contributed by atoms with Crippen molar-refractivity contribution in [2.24, 2.45) is 0 Å². The van der Waals surface area contributed by atoms with Crippen LogP contribution in [-0.4, -0.2) is 11.9 Å². The smallest absolute Gasteiger partial charge is 0.333 e. The maximum atomic E-state index is 11.6. The van der Waals surface area contributed by atoms with Crippen molar-refractivity contribution >= 4 is 22.7 Å². The molecule has 0 aliphatic rings. The molecule has 0 N–H and O–H groups in total. The van der Waals surface area contributed by atoms with Crippen LogP contribution in [-0.2, 0) is 32.3 Å². The molecule has 118 valence electrons. The molecule has 0 saturated heterocycles. The van der Waals surface area contributed by atoms with Crippen LogP contribution in [0.2, 0.25) is 0 Å². The van der Waals surface area contributed by atoms with Gasteiger partial charge in [-0.1, -0.05) is 49.6 Å². The lowest BCUT2D eigenvalue weighted by Crippen LogP contribution is -2.06. The fourth-order valence-electron chi connectivity index (χ4n) is 2.22. The molecule has 0 spiro atoms. The van der Waals surface area contributed by atoms with E-state index < -0.39 is 11.9 Å². The molecule has 2 aromatic carbocycles. The molecule has 0 aliphatic carbocycles. The topological polar surface area (TPSA) is 52.6 Å². The summed E-state index contributed by atoms with van der Waals surface area (Å²) in [5.41, 5.74) is 2.05. The van der Waals surface area contributed by atoms with Crippen LogP contribution in [0.4, 0.5) is 0 Å². The second-order valence-corrected chi connectivity index (χ2v) is 5.10. The van der Waals surface area contributed by atoms with E-state index in [1.54, 1.807) is 6.92 Å². The van der Waals surface area contributed by atoms with Gasteiger partial charge in [0.25, 0.3) is 0 Å². The van der Waals surface area contributed by atoms with Gasteiger partial charge in [0.05, 0.1) is 0 Å². The van der Waals surface area contributed by atoms with Gasteiger partial charge in [-0.2, -0.15) is 0 Å². The van der Waals surface area contributed by atoms with Crippen LogP contribution in [0.25, 0.3) is 10.8 Å². The van der Waals surface area contributed by atoms with Crippen LogP contribution in [0, 0.1) is 0 Å². The molecule has 0 heterocycles. The molecular formula is C19H18O4. The lowest BCUT2D eigenvalue weighted by Gasteiger charge is -2.12. The quantitative estimate of drug-likeness (QED) is 0.603. The fraction of sp³-hybridized carbons (Fsp3) is 0.158. The molecule has 0 saturated carbocycles. The number of ether oxygens (including phenoxy) is 2. The number of esters is 2. The first kappa shape index (κ1) is 16.5. The molecule has 0 aliphatic heterocycles. The molecule has 23 heavy (non-hydrogen) atoms. The molecule has 0 aromatic heterocycles. The van der Waals surface area contributed by atoms with E-state index in [4.69, 9.17) is 9.47 Å². The molecule has 0 unspecified atom stereocenters. The van der Waals surface area contributed by atoms with E-state index in [9.17, 15) is 9.59 Å². The molecule has 0 fully saturated rings. The fourth-order valence-corrected chi connectivity index (χ4v) is 2.22. The summed E-state index contributed by atoms with van der Waals surface area (Å²) in [5, 5.41) is 1.91. The van der Waals surface area contributed by atoms with Gasteiger partial charge < -0.3 is 9.47 Å². The van der Waals surface area contributed by atoms with E-state index >= 15 is 0 Å². The lowest BCUT2D eigenvalue weighted by molar-refractivity contribution is -0.140. The molecule has 4 nitrogen and oxygen atoms in total. The molecule has 0 radical (unpaired) electrons. The van der Waals surface area contributed by atoms with Gasteiger partial charge in [0.1, 0.15) is 13.2 Å². The Morgan fingerprint density at radius 3 is 2.13 bits per heavy atom. The van der Waals surface area contributed by atoms with E-state index in [1.807, 2.05) is 36.4 Å². The van der Waals surface area contributed by atoms with Gasteiger partial charge in [-0.15, -0.1) is 0 Å². The summed E-state index contributed by atoms with van der Waals surface area (Å²) in [7, 11) is 0. The van der Waals surface area contributed by atoms with E-state index in [2.05, 4.69) is 13.2 Å². The third kappa shape index (κ3) is 4.07. The van der Waals surface area contributed by atoms with Crippen molar-refractivity contribution in [2.45, 2.75) is 20.1 Å². The van der Waals surface area contributed by atoms with Crippen molar-refractivity contribution in [1.82, 2.24) is 0 Å². The number of carbonyl (C=O) groups excluding carboxylic acids is 2. The zero-order valence-electron chi connectivity index (χ0n) is 13.0.